The second-order valence-corrected chi connectivity index (χ2v) is 7.20. The van der Waals surface area contributed by atoms with Gasteiger partial charge in [-0.1, -0.05) is 12.1 Å². The number of nitrogens with two attached hydrogens (primary N) is 1. The molecular formula is C17H27NO3. The zero-order valence-electron chi connectivity index (χ0n) is 13.9. The quantitative estimate of drug-likeness (QED) is 0.868. The highest BCUT2D eigenvalue weighted by atomic mass is 16.8. The first kappa shape index (κ1) is 17.5. The zero-order chi connectivity index (χ0) is 16.3. The molecule has 4 heteroatoms. The molecular weight excluding hydrogens is 284 g/mol. The van der Waals surface area contributed by atoms with Gasteiger partial charge in [0.2, 0.25) is 0 Å². The highest BCUT2D eigenvalue weighted by Gasteiger charge is 2.22. The molecule has 0 heterocycles. The molecule has 0 amide bonds. The van der Waals surface area contributed by atoms with E-state index in [4.69, 9.17) is 15.2 Å². The summed E-state index contributed by atoms with van der Waals surface area (Å²) in [6.45, 7) is 11.5. The number of esters is 1. The summed E-state index contributed by atoms with van der Waals surface area (Å²) in [7, 11) is 0. The van der Waals surface area contributed by atoms with Crippen LogP contribution in [0.4, 0.5) is 0 Å². The minimum absolute atomic E-state index is 0.228. The summed E-state index contributed by atoms with van der Waals surface area (Å²) in [4.78, 5) is 11.8. The summed E-state index contributed by atoms with van der Waals surface area (Å²) in [5.41, 5.74) is 6.13. The van der Waals surface area contributed by atoms with Crippen LogP contribution in [0.2, 0.25) is 0 Å². The molecule has 118 valence electrons. The topological polar surface area (TPSA) is 61.5 Å². The maximum absolute atomic E-state index is 11.8. The van der Waals surface area contributed by atoms with E-state index in [0.29, 0.717) is 6.42 Å². The Balaban J connectivity index is 2.61. The number of carbonyl (C=O) groups is 1. The summed E-state index contributed by atoms with van der Waals surface area (Å²) < 4.78 is 11.0. The van der Waals surface area contributed by atoms with Gasteiger partial charge in [-0.25, -0.2) is 0 Å². The van der Waals surface area contributed by atoms with Gasteiger partial charge < -0.3 is 15.2 Å². The van der Waals surface area contributed by atoms with Crippen LogP contribution in [-0.2, 0) is 16.0 Å². The first-order valence-corrected chi connectivity index (χ1v) is 7.23. The van der Waals surface area contributed by atoms with Crippen molar-refractivity contribution in [3.8, 4) is 5.75 Å². The largest absolute Gasteiger partial charge is 0.488 e. The van der Waals surface area contributed by atoms with Crippen molar-refractivity contribution in [2.45, 2.75) is 65.2 Å². The monoisotopic (exact) mass is 311 g/mol. The lowest BCUT2D eigenvalue weighted by Gasteiger charge is -2.22. The van der Waals surface area contributed by atoms with E-state index >= 15 is 0 Å². The molecule has 4 nitrogen and oxygen atoms in total. The molecule has 2 N–H and O–H groups in total. The van der Waals surface area contributed by atoms with E-state index in [-0.39, 0.29) is 11.6 Å². The third-order valence-electron chi connectivity index (χ3n) is 2.51. The number of rotatable bonds is 4. The van der Waals surface area contributed by atoms with Gasteiger partial charge in [0.15, 0.2) is 0 Å². The summed E-state index contributed by atoms with van der Waals surface area (Å²) in [6, 6.07) is 6.97. The zero-order valence-corrected chi connectivity index (χ0v) is 13.9. The lowest BCUT2D eigenvalue weighted by Crippen LogP contribution is -2.38. The summed E-state index contributed by atoms with van der Waals surface area (Å²) in [6.07, 6.45) is 0.449. The smallest absolute Gasteiger partial charge is 0.323 e. The Labute approximate surface area is 127 Å². The molecule has 0 saturated heterocycles. The van der Waals surface area contributed by atoms with Crippen LogP contribution in [0.25, 0.3) is 0 Å². The number of carbonyl (C=O) groups excluding carboxylic acids is 1. The fraction of sp³-hybridized carbons (Fsp3) is 0.588. The second kappa shape index (κ2) is 6.48. The molecule has 1 aromatic rings. The number of ether oxygens (including phenoxy) is 2. The van der Waals surface area contributed by atoms with Gasteiger partial charge in [0, 0.05) is 0 Å². The van der Waals surface area contributed by atoms with Crippen molar-refractivity contribution in [2.24, 2.45) is 5.73 Å². The number of hydrogen-bond donors (Lipinski definition) is 1. The lowest BCUT2D eigenvalue weighted by atomic mass is 10.2. The molecule has 1 atom stereocenters. The van der Waals surface area contributed by atoms with Gasteiger partial charge >= 0.3 is 5.97 Å². The molecule has 21 heavy (non-hydrogen) atoms. The normalized spacial score (nSPS) is 13.7. The van der Waals surface area contributed by atoms with Crippen LogP contribution in [0.1, 0.15) is 47.1 Å². The molecule has 0 aliphatic heterocycles. The van der Waals surface area contributed by atoms with Gasteiger partial charge in [0.1, 0.15) is 23.0 Å². The van der Waals surface area contributed by atoms with Crippen LogP contribution in [0.15, 0.2) is 24.3 Å². The third-order valence-corrected chi connectivity index (χ3v) is 2.51. The first-order chi connectivity index (χ1) is 9.46. The average molecular weight is 311 g/mol. The molecule has 0 saturated carbocycles. The van der Waals surface area contributed by atoms with Gasteiger partial charge in [0.25, 0.3) is 0 Å². The van der Waals surface area contributed by atoms with Crippen LogP contribution in [-0.4, -0.2) is 23.2 Å². The molecule has 1 rings (SSSR count). The summed E-state index contributed by atoms with van der Waals surface area (Å²) >= 11 is 0. The second-order valence-electron chi connectivity index (χ2n) is 7.20. The van der Waals surface area contributed by atoms with Crippen molar-refractivity contribution in [2.75, 3.05) is 0 Å². The fourth-order valence-corrected chi connectivity index (χ4v) is 1.76. The molecule has 0 aliphatic rings. The standard InChI is InChI=1S/C17H27NO3/c1-16(2,3)20-13-9-7-12(8-10-13)11-14(18)15(19)21-17(4,5)6/h7-10,14H,11,18H2,1-6H3/t14-/m0/s1/i7+2,8+2,9+2,10+2,11+2,12+2,13+2,14+2,15+2. The summed E-state index contributed by atoms with van der Waals surface area (Å²) in [5.74, 6) is 0.426. The Morgan fingerprint density at radius 3 is 2.00 bits per heavy atom. The van der Waals surface area contributed by atoms with E-state index in [9.17, 15) is 4.79 Å². The highest BCUT2D eigenvalue weighted by molar-refractivity contribution is 5.76. The number of hydrogen-bond acceptors (Lipinski definition) is 4. The van der Waals surface area contributed by atoms with Crippen molar-refractivity contribution in [1.29, 1.82) is 0 Å². The predicted molar refractivity (Wildman–Crippen MR) is 84.3 cm³/mol. The first-order valence-electron chi connectivity index (χ1n) is 7.23. The van der Waals surface area contributed by atoms with Crippen molar-refractivity contribution < 1.29 is 14.3 Å². The van der Waals surface area contributed by atoms with Gasteiger partial charge in [-0.05, 0) is 65.7 Å². The van der Waals surface area contributed by atoms with Crippen LogP contribution in [0.3, 0.4) is 0 Å². The molecule has 0 fully saturated rings. The van der Waals surface area contributed by atoms with Gasteiger partial charge in [-0.15, -0.1) is 0 Å². The van der Waals surface area contributed by atoms with Gasteiger partial charge in [-0.2, -0.15) is 0 Å². The van der Waals surface area contributed by atoms with Crippen molar-refractivity contribution >= 4 is 5.97 Å². The molecule has 0 radical (unpaired) electrons. The maximum atomic E-state index is 11.8. The van der Waals surface area contributed by atoms with Crippen molar-refractivity contribution in [3.05, 3.63) is 29.8 Å². The van der Waals surface area contributed by atoms with E-state index < -0.39 is 11.6 Å². The minimum atomic E-state index is -0.654. The Morgan fingerprint density at radius 1 is 1.05 bits per heavy atom. The Bertz CT molecular complexity index is 466. The van der Waals surface area contributed by atoms with E-state index in [1.54, 1.807) is 0 Å². The van der Waals surface area contributed by atoms with Gasteiger partial charge in [-0.3, -0.25) is 4.79 Å². The Morgan fingerprint density at radius 2 is 1.57 bits per heavy atom. The van der Waals surface area contributed by atoms with Crippen molar-refractivity contribution in [1.82, 2.24) is 0 Å². The molecule has 0 spiro atoms. The predicted octanol–water partition coefficient (Wildman–Crippen LogP) is 3.08. The minimum Gasteiger partial charge on any atom is -0.488 e. The Kier molecular flexibility index (Phi) is 5.40. The molecule has 0 bridgehead atoms. The van der Waals surface area contributed by atoms with Gasteiger partial charge in [0.05, 0.1) is 0 Å². The molecule has 0 aliphatic carbocycles. The molecule has 0 aromatic heterocycles. The van der Waals surface area contributed by atoms with E-state index in [1.807, 2.05) is 65.8 Å². The Hall–Kier alpha value is -1.55. The van der Waals surface area contributed by atoms with Crippen LogP contribution in [0, 0.1) is 0 Å². The van der Waals surface area contributed by atoms with E-state index in [2.05, 4.69) is 0 Å². The third kappa shape index (κ3) is 7.14. The van der Waals surface area contributed by atoms with E-state index in [1.165, 1.54) is 0 Å². The SMILES string of the molecule is CC(C)(C)O[14C](=O)[14C@@H](N)[14CH2][14c]1[14cH][14cH][14c](OC(C)(C)C)[14cH][14cH]1. The summed E-state index contributed by atoms with van der Waals surface area (Å²) in [5, 5.41) is 0. The van der Waals surface area contributed by atoms with Crippen LogP contribution < -0.4 is 10.5 Å². The molecule has 1 aromatic carbocycles. The van der Waals surface area contributed by atoms with E-state index in [0.717, 1.165) is 11.3 Å². The highest BCUT2D eigenvalue weighted by Crippen LogP contribution is 2.19. The van der Waals surface area contributed by atoms with Crippen LogP contribution in [0.5, 0.6) is 5.75 Å². The lowest BCUT2D eigenvalue weighted by molar-refractivity contribution is -0.156. The maximum Gasteiger partial charge on any atom is 0.323 e. The van der Waals surface area contributed by atoms with Crippen molar-refractivity contribution in [3.63, 3.8) is 0 Å². The average Bonchev–Trinajstić information content (AvgIpc) is 2.27. The molecule has 0 unspecified atom stereocenters. The fourth-order valence-electron chi connectivity index (χ4n) is 1.76. The number of benzene rings is 1. The van der Waals surface area contributed by atoms with Crippen LogP contribution >= 0.6 is 0 Å².